The van der Waals surface area contributed by atoms with Crippen LogP contribution in [0.3, 0.4) is 0 Å². The van der Waals surface area contributed by atoms with Crippen molar-refractivity contribution in [3.05, 3.63) is 54.1 Å². The maximum absolute atomic E-state index is 12.6. The number of allylic oxidation sites excluding steroid dienone is 1. The first-order valence-corrected chi connectivity index (χ1v) is 8.26. The zero-order valence-electron chi connectivity index (χ0n) is 12.0. The average Bonchev–Trinajstić information content (AvgIpc) is 3.11. The lowest BCUT2D eigenvalue weighted by molar-refractivity contribution is 0.473. The molecular formula is C16H21NO2S. The Bertz CT molecular complexity index is 614. The molecule has 0 bridgehead atoms. The third-order valence-electron chi connectivity index (χ3n) is 3.56. The fraction of sp³-hybridized carbons (Fsp3) is 0.375. The summed E-state index contributed by atoms with van der Waals surface area (Å²) < 4.78 is 26.7. The molecule has 4 heteroatoms. The summed E-state index contributed by atoms with van der Waals surface area (Å²) in [6.45, 7) is 8.49. The minimum atomic E-state index is -3.45. The molecule has 1 aliphatic rings. The number of sulfonamides is 1. The highest BCUT2D eigenvalue weighted by Gasteiger charge is 2.26. The second-order valence-corrected chi connectivity index (χ2v) is 7.25. The van der Waals surface area contributed by atoms with Crippen LogP contribution in [0.25, 0.3) is 0 Å². The molecule has 3 nitrogen and oxygen atoms in total. The van der Waals surface area contributed by atoms with Crippen LogP contribution in [0.5, 0.6) is 0 Å². The summed E-state index contributed by atoms with van der Waals surface area (Å²) >= 11 is 0. The second-order valence-electron chi connectivity index (χ2n) is 5.31. The van der Waals surface area contributed by atoms with Crippen molar-refractivity contribution in [3.63, 3.8) is 0 Å². The number of hydrogen-bond donors (Lipinski definition) is 0. The van der Waals surface area contributed by atoms with E-state index in [0.29, 0.717) is 23.9 Å². The predicted octanol–water partition coefficient (Wildman–Crippen LogP) is 3.14. The molecule has 1 aliphatic carbocycles. The topological polar surface area (TPSA) is 37.4 Å². The quantitative estimate of drug-likeness (QED) is 0.755. The molecule has 1 aromatic rings. The van der Waals surface area contributed by atoms with E-state index in [2.05, 4.69) is 13.5 Å². The van der Waals surface area contributed by atoms with Crippen LogP contribution in [0, 0.1) is 12.8 Å². The molecule has 0 amide bonds. The van der Waals surface area contributed by atoms with Crippen molar-refractivity contribution in [3.8, 4) is 0 Å². The molecule has 1 atom stereocenters. The van der Waals surface area contributed by atoms with E-state index in [4.69, 9.17) is 0 Å². The van der Waals surface area contributed by atoms with Gasteiger partial charge in [-0.1, -0.05) is 42.3 Å². The van der Waals surface area contributed by atoms with Crippen molar-refractivity contribution in [2.45, 2.75) is 25.2 Å². The fourth-order valence-electron chi connectivity index (χ4n) is 2.07. The summed E-state index contributed by atoms with van der Waals surface area (Å²) in [5.74, 6) is 0.614. The third kappa shape index (κ3) is 3.38. The van der Waals surface area contributed by atoms with E-state index >= 15 is 0 Å². The number of aryl methyl sites for hydroxylation is 1. The maximum atomic E-state index is 12.6. The average molecular weight is 291 g/mol. The third-order valence-corrected chi connectivity index (χ3v) is 5.41. The van der Waals surface area contributed by atoms with Crippen molar-refractivity contribution in [2.24, 2.45) is 5.92 Å². The van der Waals surface area contributed by atoms with Gasteiger partial charge in [-0.25, -0.2) is 8.42 Å². The minimum absolute atomic E-state index is 0.328. The van der Waals surface area contributed by atoms with Crippen LogP contribution in [-0.4, -0.2) is 25.8 Å². The lowest BCUT2D eigenvalue weighted by atomic mass is 10.2. The van der Waals surface area contributed by atoms with E-state index in [-0.39, 0.29) is 0 Å². The Hall–Kier alpha value is -1.39. The molecule has 0 unspecified atom stereocenters. The van der Waals surface area contributed by atoms with Crippen molar-refractivity contribution in [2.75, 3.05) is 13.1 Å². The smallest absolute Gasteiger partial charge is 0.207 e. The van der Waals surface area contributed by atoms with Crippen LogP contribution >= 0.6 is 0 Å². The van der Waals surface area contributed by atoms with Crippen LogP contribution in [0.2, 0.25) is 0 Å². The van der Waals surface area contributed by atoms with E-state index in [9.17, 15) is 8.42 Å². The van der Waals surface area contributed by atoms with E-state index < -0.39 is 10.0 Å². The molecule has 20 heavy (non-hydrogen) atoms. The van der Waals surface area contributed by atoms with Crippen LogP contribution < -0.4 is 0 Å². The van der Waals surface area contributed by atoms with Crippen molar-refractivity contribution in [1.29, 1.82) is 0 Å². The van der Waals surface area contributed by atoms with Crippen molar-refractivity contribution < 1.29 is 8.42 Å². The molecule has 1 saturated carbocycles. The van der Waals surface area contributed by atoms with Crippen LogP contribution in [0.1, 0.15) is 18.9 Å². The van der Waals surface area contributed by atoms with Crippen LogP contribution in [0.15, 0.2) is 53.5 Å². The molecule has 0 saturated heterocycles. The number of rotatable bonds is 6. The first kappa shape index (κ1) is 15.0. The van der Waals surface area contributed by atoms with Gasteiger partial charge in [-0.15, -0.1) is 6.58 Å². The van der Waals surface area contributed by atoms with Crippen LogP contribution in [-0.2, 0) is 10.0 Å². The van der Waals surface area contributed by atoms with Gasteiger partial charge in [0.05, 0.1) is 4.90 Å². The molecular weight excluding hydrogens is 270 g/mol. The van der Waals surface area contributed by atoms with Gasteiger partial charge in [0.2, 0.25) is 10.0 Å². The van der Waals surface area contributed by atoms with E-state index in [1.54, 1.807) is 18.2 Å². The van der Waals surface area contributed by atoms with Gasteiger partial charge < -0.3 is 0 Å². The molecule has 0 aliphatic heterocycles. The van der Waals surface area contributed by atoms with E-state index in [1.165, 1.54) is 9.88 Å². The maximum Gasteiger partial charge on any atom is 0.243 e. The Labute approximate surface area is 121 Å². The zero-order valence-corrected chi connectivity index (χ0v) is 12.9. The first-order chi connectivity index (χ1) is 9.45. The highest BCUT2D eigenvalue weighted by atomic mass is 32.2. The van der Waals surface area contributed by atoms with Gasteiger partial charge in [0.25, 0.3) is 0 Å². The molecule has 108 valence electrons. The SMILES string of the molecule is C=CCN(C/C=C1\C[C@H]1C)S(=O)(=O)c1ccc(C)cc1. The number of hydrogen-bond acceptors (Lipinski definition) is 2. The van der Waals surface area contributed by atoms with Gasteiger partial charge in [0.1, 0.15) is 0 Å². The first-order valence-electron chi connectivity index (χ1n) is 6.82. The lowest BCUT2D eigenvalue weighted by Crippen LogP contribution is -2.31. The predicted molar refractivity (Wildman–Crippen MR) is 82.0 cm³/mol. The largest absolute Gasteiger partial charge is 0.243 e. The standard InChI is InChI=1S/C16H21NO2S/c1-4-10-17(11-9-15-12-14(15)3)20(18,19)16-7-5-13(2)6-8-16/h4-9,14H,1,10-12H2,2-3H3/b15-9+/t14-/m1/s1. The number of benzene rings is 1. The molecule has 0 spiro atoms. The van der Waals surface area contributed by atoms with Crippen molar-refractivity contribution in [1.82, 2.24) is 4.31 Å². The fourth-order valence-corrected chi connectivity index (χ4v) is 3.42. The van der Waals surface area contributed by atoms with Gasteiger partial charge in [-0.05, 0) is 31.4 Å². The normalized spacial score (nSPS) is 20.4. The lowest BCUT2D eigenvalue weighted by Gasteiger charge is -2.19. The van der Waals surface area contributed by atoms with E-state index in [0.717, 1.165) is 12.0 Å². The summed E-state index contributed by atoms with van der Waals surface area (Å²) in [5, 5.41) is 0. The van der Waals surface area contributed by atoms with Gasteiger partial charge in [0, 0.05) is 13.1 Å². The highest BCUT2D eigenvalue weighted by molar-refractivity contribution is 7.89. The van der Waals surface area contributed by atoms with Gasteiger partial charge in [-0.2, -0.15) is 4.31 Å². The van der Waals surface area contributed by atoms with E-state index in [1.807, 2.05) is 25.1 Å². The molecule has 1 fully saturated rings. The molecule has 1 aromatic carbocycles. The van der Waals surface area contributed by atoms with Gasteiger partial charge in [0.15, 0.2) is 0 Å². The minimum Gasteiger partial charge on any atom is -0.207 e. The molecule has 0 aromatic heterocycles. The summed E-state index contributed by atoms with van der Waals surface area (Å²) in [4.78, 5) is 0.340. The molecule has 0 radical (unpaired) electrons. The second kappa shape index (κ2) is 5.94. The summed E-state index contributed by atoms with van der Waals surface area (Å²) in [6, 6.07) is 6.96. The monoisotopic (exact) mass is 291 g/mol. The Morgan fingerprint density at radius 1 is 1.30 bits per heavy atom. The summed E-state index contributed by atoms with van der Waals surface area (Å²) in [5.41, 5.74) is 2.39. The Kier molecular flexibility index (Phi) is 4.45. The number of nitrogens with zero attached hydrogens (tertiary/aromatic N) is 1. The van der Waals surface area contributed by atoms with Gasteiger partial charge in [-0.3, -0.25) is 0 Å². The Morgan fingerprint density at radius 3 is 2.40 bits per heavy atom. The zero-order chi connectivity index (χ0) is 14.8. The Morgan fingerprint density at radius 2 is 1.90 bits per heavy atom. The molecule has 2 rings (SSSR count). The summed E-state index contributed by atoms with van der Waals surface area (Å²) in [6.07, 6.45) is 4.74. The van der Waals surface area contributed by atoms with Gasteiger partial charge >= 0.3 is 0 Å². The molecule has 0 N–H and O–H groups in total. The van der Waals surface area contributed by atoms with Crippen molar-refractivity contribution >= 4 is 10.0 Å². The Balaban J connectivity index is 2.22. The summed E-state index contributed by atoms with van der Waals surface area (Å²) in [7, 11) is -3.45. The highest BCUT2D eigenvalue weighted by Crippen LogP contribution is 2.36. The molecule has 0 heterocycles. The van der Waals surface area contributed by atoms with Crippen LogP contribution in [0.4, 0.5) is 0 Å².